The van der Waals surface area contributed by atoms with E-state index in [1.165, 1.54) is 0 Å². The third-order valence-corrected chi connectivity index (χ3v) is 2.52. The lowest BCUT2D eigenvalue weighted by atomic mass is 10.0. The number of aliphatic hydroxyl groups is 1. The van der Waals surface area contributed by atoms with Crippen molar-refractivity contribution in [3.05, 3.63) is 0 Å². The van der Waals surface area contributed by atoms with Gasteiger partial charge in [-0.3, -0.25) is 4.79 Å². The van der Waals surface area contributed by atoms with Crippen molar-refractivity contribution in [2.75, 3.05) is 12.4 Å². The van der Waals surface area contributed by atoms with E-state index >= 15 is 0 Å². The van der Waals surface area contributed by atoms with E-state index in [1.807, 2.05) is 5.40 Å². The topological polar surface area (TPSA) is 70.3 Å². The van der Waals surface area contributed by atoms with Gasteiger partial charge in [-0.25, -0.2) is 0 Å². The maximum absolute atomic E-state index is 11.0. The second kappa shape index (κ2) is 6.68. The van der Waals surface area contributed by atoms with Crippen LogP contribution in [0.15, 0.2) is 0 Å². The highest BCUT2D eigenvalue weighted by atomic mass is 32.2. The molecule has 0 saturated carbocycles. The van der Waals surface area contributed by atoms with E-state index in [4.69, 9.17) is 10.00 Å². The summed E-state index contributed by atoms with van der Waals surface area (Å²) in [5.74, 6) is -0.00200. The molecule has 0 bridgehead atoms. The summed E-state index contributed by atoms with van der Waals surface area (Å²) in [6, 6.07) is 0. The Bertz CT molecular complexity index is 223. The molecule has 0 amide bonds. The maximum atomic E-state index is 11.0. The standard InChI is InChI=1S/C9H15NO3S/c1-3-13-8(11)4-5-9(2,12)6-14-7-10/h12H,3-6H2,1-2H3. The van der Waals surface area contributed by atoms with Crippen LogP contribution < -0.4 is 0 Å². The zero-order valence-electron chi connectivity index (χ0n) is 8.45. The van der Waals surface area contributed by atoms with Crippen LogP contribution in [0.4, 0.5) is 0 Å². The van der Waals surface area contributed by atoms with Gasteiger partial charge in [-0.2, -0.15) is 5.26 Å². The molecular formula is C9H15NO3S. The van der Waals surface area contributed by atoms with Crippen LogP contribution in [0.25, 0.3) is 0 Å². The summed E-state index contributed by atoms with van der Waals surface area (Å²) in [5.41, 5.74) is -0.979. The molecule has 0 aromatic rings. The molecule has 80 valence electrons. The predicted octanol–water partition coefficient (Wildman–Crippen LogP) is 1.29. The number of esters is 1. The zero-order valence-corrected chi connectivity index (χ0v) is 9.26. The van der Waals surface area contributed by atoms with Crippen molar-refractivity contribution in [3.63, 3.8) is 0 Å². The van der Waals surface area contributed by atoms with Gasteiger partial charge in [0.05, 0.1) is 12.2 Å². The highest BCUT2D eigenvalue weighted by Gasteiger charge is 2.21. The van der Waals surface area contributed by atoms with Gasteiger partial charge >= 0.3 is 5.97 Å². The smallest absolute Gasteiger partial charge is 0.305 e. The Morgan fingerprint density at radius 2 is 2.36 bits per heavy atom. The van der Waals surface area contributed by atoms with E-state index in [0.29, 0.717) is 18.8 Å². The van der Waals surface area contributed by atoms with E-state index in [-0.39, 0.29) is 12.4 Å². The minimum Gasteiger partial charge on any atom is -0.466 e. The van der Waals surface area contributed by atoms with Gasteiger partial charge in [0.2, 0.25) is 0 Å². The molecule has 0 heterocycles. The minimum atomic E-state index is -0.979. The van der Waals surface area contributed by atoms with Gasteiger partial charge in [-0.05, 0) is 32.0 Å². The zero-order chi connectivity index (χ0) is 11.0. The molecule has 0 fully saturated rings. The Morgan fingerprint density at radius 1 is 1.71 bits per heavy atom. The van der Waals surface area contributed by atoms with Gasteiger partial charge < -0.3 is 9.84 Å². The maximum Gasteiger partial charge on any atom is 0.305 e. The Hall–Kier alpha value is -0.730. The number of rotatable bonds is 6. The lowest BCUT2D eigenvalue weighted by molar-refractivity contribution is -0.144. The van der Waals surface area contributed by atoms with E-state index in [9.17, 15) is 9.90 Å². The molecule has 0 aromatic heterocycles. The molecule has 0 radical (unpaired) electrons. The molecule has 1 atom stereocenters. The average Bonchev–Trinajstić information content (AvgIpc) is 2.13. The summed E-state index contributed by atoms with van der Waals surface area (Å²) >= 11 is 0.984. The van der Waals surface area contributed by atoms with Crippen molar-refractivity contribution in [2.45, 2.75) is 32.3 Å². The molecule has 14 heavy (non-hydrogen) atoms. The first-order valence-corrected chi connectivity index (χ1v) is 5.39. The largest absolute Gasteiger partial charge is 0.466 e. The van der Waals surface area contributed by atoms with Crippen LogP contribution in [0.3, 0.4) is 0 Å². The third kappa shape index (κ3) is 6.75. The molecule has 4 nitrogen and oxygen atoms in total. The van der Waals surface area contributed by atoms with Crippen LogP contribution in [0.1, 0.15) is 26.7 Å². The highest BCUT2D eigenvalue weighted by molar-refractivity contribution is 8.03. The fourth-order valence-electron chi connectivity index (χ4n) is 0.864. The number of thioether (sulfide) groups is 1. The van der Waals surface area contributed by atoms with Gasteiger partial charge in [-0.1, -0.05) is 0 Å². The summed E-state index contributed by atoms with van der Waals surface area (Å²) in [6.45, 7) is 3.70. The van der Waals surface area contributed by atoms with E-state index in [0.717, 1.165) is 11.8 Å². The van der Waals surface area contributed by atoms with Crippen LogP contribution in [0, 0.1) is 10.7 Å². The van der Waals surface area contributed by atoms with Crippen molar-refractivity contribution in [1.29, 1.82) is 5.26 Å². The monoisotopic (exact) mass is 217 g/mol. The molecule has 1 N–H and O–H groups in total. The molecule has 5 heteroatoms. The number of thiocyanates is 1. The first kappa shape index (κ1) is 13.3. The normalized spacial score (nSPS) is 14.1. The average molecular weight is 217 g/mol. The molecule has 0 aliphatic carbocycles. The molecule has 0 spiro atoms. The van der Waals surface area contributed by atoms with Crippen molar-refractivity contribution >= 4 is 17.7 Å². The van der Waals surface area contributed by atoms with E-state index < -0.39 is 5.60 Å². The number of carbonyl (C=O) groups is 1. The van der Waals surface area contributed by atoms with Crippen LogP contribution in [0.5, 0.6) is 0 Å². The molecule has 0 aliphatic heterocycles. The molecule has 1 unspecified atom stereocenters. The van der Waals surface area contributed by atoms with Crippen LogP contribution in [-0.4, -0.2) is 29.0 Å². The van der Waals surface area contributed by atoms with Gasteiger partial charge in [0.1, 0.15) is 5.40 Å². The van der Waals surface area contributed by atoms with Crippen molar-refractivity contribution in [1.82, 2.24) is 0 Å². The Balaban J connectivity index is 3.75. The predicted molar refractivity (Wildman–Crippen MR) is 54.6 cm³/mol. The van der Waals surface area contributed by atoms with Crippen molar-refractivity contribution in [3.8, 4) is 5.40 Å². The number of hydrogen-bond acceptors (Lipinski definition) is 5. The van der Waals surface area contributed by atoms with Gasteiger partial charge in [0, 0.05) is 12.2 Å². The highest BCUT2D eigenvalue weighted by Crippen LogP contribution is 2.18. The number of nitriles is 1. The first-order chi connectivity index (χ1) is 6.52. The lowest BCUT2D eigenvalue weighted by Crippen LogP contribution is -2.28. The van der Waals surface area contributed by atoms with Crippen LogP contribution >= 0.6 is 11.8 Å². The lowest BCUT2D eigenvalue weighted by Gasteiger charge is -2.20. The SMILES string of the molecule is CCOC(=O)CCC(C)(O)CSC#N. The summed E-state index contributed by atoms with van der Waals surface area (Å²) in [4.78, 5) is 11.0. The van der Waals surface area contributed by atoms with Gasteiger partial charge in [0.15, 0.2) is 0 Å². The number of nitrogens with zero attached hydrogens (tertiary/aromatic N) is 1. The number of carbonyl (C=O) groups excluding carboxylic acids is 1. The molecule has 0 saturated heterocycles. The second-order valence-corrected chi connectivity index (χ2v) is 3.94. The fourth-order valence-corrected chi connectivity index (χ4v) is 1.38. The van der Waals surface area contributed by atoms with Crippen LogP contribution in [0.2, 0.25) is 0 Å². The number of ether oxygens (including phenoxy) is 1. The number of hydrogen-bond donors (Lipinski definition) is 1. The third-order valence-electron chi connectivity index (χ3n) is 1.62. The van der Waals surface area contributed by atoms with Gasteiger partial charge in [0.25, 0.3) is 0 Å². The van der Waals surface area contributed by atoms with Gasteiger partial charge in [-0.15, -0.1) is 0 Å². The summed E-state index contributed by atoms with van der Waals surface area (Å²) < 4.78 is 4.72. The fraction of sp³-hybridized carbons (Fsp3) is 0.778. The van der Waals surface area contributed by atoms with Crippen molar-refractivity contribution < 1.29 is 14.6 Å². The molecular weight excluding hydrogens is 202 g/mol. The Labute approximate surface area is 88.2 Å². The molecule has 0 rings (SSSR count). The first-order valence-electron chi connectivity index (χ1n) is 4.40. The summed E-state index contributed by atoms with van der Waals surface area (Å²) in [7, 11) is 0. The minimum absolute atomic E-state index is 0.187. The Kier molecular flexibility index (Phi) is 6.34. The Morgan fingerprint density at radius 3 is 2.86 bits per heavy atom. The summed E-state index contributed by atoms with van der Waals surface area (Å²) in [5, 5.41) is 19.9. The summed E-state index contributed by atoms with van der Waals surface area (Å²) in [6.07, 6.45) is 0.507. The molecule has 0 aromatic carbocycles. The molecule has 0 aliphatic rings. The quantitative estimate of drug-likeness (QED) is 0.536. The van der Waals surface area contributed by atoms with E-state index in [2.05, 4.69) is 0 Å². The second-order valence-electron chi connectivity index (χ2n) is 3.18. The van der Waals surface area contributed by atoms with Crippen molar-refractivity contribution in [2.24, 2.45) is 0 Å². The van der Waals surface area contributed by atoms with E-state index in [1.54, 1.807) is 13.8 Å². The van der Waals surface area contributed by atoms with Crippen LogP contribution in [-0.2, 0) is 9.53 Å².